The summed E-state index contributed by atoms with van der Waals surface area (Å²) in [7, 11) is 0. The van der Waals surface area contributed by atoms with Crippen LogP contribution in [0.4, 0.5) is 0 Å². The molecule has 0 radical (unpaired) electrons. The van der Waals surface area contributed by atoms with Crippen LogP contribution in [-0.2, 0) is 9.53 Å². The van der Waals surface area contributed by atoms with E-state index in [-0.39, 0.29) is 18.7 Å². The third kappa shape index (κ3) is 3.60. The highest BCUT2D eigenvalue weighted by molar-refractivity contribution is 5.84. The summed E-state index contributed by atoms with van der Waals surface area (Å²) in [4.78, 5) is 10.8. The summed E-state index contributed by atoms with van der Waals surface area (Å²) in [6.07, 6.45) is 2.38. The Morgan fingerprint density at radius 3 is 2.76 bits per heavy atom. The Kier molecular flexibility index (Phi) is 3.77. The van der Waals surface area contributed by atoms with Gasteiger partial charge in [-0.1, -0.05) is 18.2 Å². The summed E-state index contributed by atoms with van der Waals surface area (Å²) in [5.74, 6) is 0.358. The van der Waals surface area contributed by atoms with E-state index in [1.165, 1.54) is 6.08 Å². The number of esters is 1. The molecule has 0 aromatic heterocycles. The average Bonchev–Trinajstić information content (AvgIpc) is 2.73. The van der Waals surface area contributed by atoms with Crippen LogP contribution in [0.2, 0.25) is 0 Å². The molecule has 1 aliphatic heterocycles. The van der Waals surface area contributed by atoms with Crippen molar-refractivity contribution in [3.63, 3.8) is 0 Å². The van der Waals surface area contributed by atoms with Crippen molar-refractivity contribution >= 4 is 5.97 Å². The van der Waals surface area contributed by atoms with Crippen LogP contribution in [0.1, 0.15) is 6.42 Å². The number of cyclic esters (lactones) is 1. The Morgan fingerprint density at radius 2 is 2.12 bits per heavy atom. The Labute approximate surface area is 99.5 Å². The molecule has 0 saturated carbocycles. The van der Waals surface area contributed by atoms with Gasteiger partial charge in [0.15, 0.2) is 0 Å². The normalized spacial score (nSPS) is 20.1. The van der Waals surface area contributed by atoms with Gasteiger partial charge in [0.1, 0.15) is 18.5 Å². The molecule has 0 saturated heterocycles. The number of aliphatic hydroxyl groups excluding tert-OH is 1. The van der Waals surface area contributed by atoms with Gasteiger partial charge in [-0.25, -0.2) is 4.79 Å². The van der Waals surface area contributed by atoms with E-state index in [2.05, 4.69) is 0 Å². The Morgan fingerprint density at radius 1 is 1.35 bits per heavy atom. The lowest BCUT2D eigenvalue weighted by Crippen LogP contribution is -2.23. The molecule has 0 aliphatic carbocycles. The minimum Gasteiger partial charge on any atom is -0.491 e. The van der Waals surface area contributed by atoms with E-state index >= 15 is 0 Å². The number of hydrogen-bond acceptors (Lipinski definition) is 4. The molecule has 1 aromatic carbocycles. The van der Waals surface area contributed by atoms with Gasteiger partial charge in [0.2, 0.25) is 0 Å². The predicted molar refractivity (Wildman–Crippen MR) is 61.6 cm³/mol. The lowest BCUT2D eigenvalue weighted by molar-refractivity contribution is -0.139. The van der Waals surface area contributed by atoms with Crippen molar-refractivity contribution in [2.24, 2.45) is 0 Å². The van der Waals surface area contributed by atoms with Crippen molar-refractivity contribution < 1.29 is 19.4 Å². The van der Waals surface area contributed by atoms with Gasteiger partial charge in [0.25, 0.3) is 0 Å². The van der Waals surface area contributed by atoms with Gasteiger partial charge >= 0.3 is 5.97 Å². The number of ether oxygens (including phenoxy) is 2. The number of carbonyl (C=O) groups excluding carboxylic acids is 1. The maximum absolute atomic E-state index is 10.8. The lowest BCUT2D eigenvalue weighted by atomic mass is 10.1. The largest absolute Gasteiger partial charge is 0.491 e. The standard InChI is InChI=1S/C13H14O4/c14-10(8-12-6-7-13(15)17-12)9-16-11-4-2-1-3-5-11/h1-7,10,12,14H,8-9H2. The van der Waals surface area contributed by atoms with Crippen LogP contribution < -0.4 is 4.74 Å². The summed E-state index contributed by atoms with van der Waals surface area (Å²) < 4.78 is 10.3. The monoisotopic (exact) mass is 234 g/mol. The average molecular weight is 234 g/mol. The number of benzene rings is 1. The molecular weight excluding hydrogens is 220 g/mol. The minimum atomic E-state index is -0.657. The van der Waals surface area contributed by atoms with E-state index in [1.54, 1.807) is 6.08 Å². The molecule has 2 atom stereocenters. The number of para-hydroxylation sites is 1. The van der Waals surface area contributed by atoms with Gasteiger partial charge < -0.3 is 14.6 Å². The molecule has 1 aliphatic rings. The highest BCUT2D eigenvalue weighted by atomic mass is 16.5. The van der Waals surface area contributed by atoms with Gasteiger partial charge in [0.05, 0.1) is 6.10 Å². The first kappa shape index (κ1) is 11.7. The summed E-state index contributed by atoms with van der Waals surface area (Å²) in [6, 6.07) is 9.27. The first-order chi connectivity index (χ1) is 8.24. The van der Waals surface area contributed by atoms with E-state index in [0.717, 1.165) is 0 Å². The summed E-state index contributed by atoms with van der Waals surface area (Å²) in [5, 5.41) is 9.71. The van der Waals surface area contributed by atoms with Gasteiger partial charge in [-0.2, -0.15) is 0 Å². The fraction of sp³-hybridized carbons (Fsp3) is 0.308. The van der Waals surface area contributed by atoms with Crippen molar-refractivity contribution in [3.05, 3.63) is 42.5 Å². The highest BCUT2D eigenvalue weighted by Crippen LogP contribution is 2.13. The third-order valence-corrected chi connectivity index (χ3v) is 2.40. The summed E-state index contributed by atoms with van der Waals surface area (Å²) in [5.41, 5.74) is 0. The molecule has 2 rings (SSSR count). The van der Waals surface area contributed by atoms with Crippen LogP contribution in [0, 0.1) is 0 Å². The van der Waals surface area contributed by atoms with Crippen molar-refractivity contribution in [1.29, 1.82) is 0 Å². The molecule has 90 valence electrons. The van der Waals surface area contributed by atoms with Crippen LogP contribution in [0.5, 0.6) is 5.75 Å². The number of carbonyl (C=O) groups is 1. The topological polar surface area (TPSA) is 55.8 Å². The lowest BCUT2D eigenvalue weighted by Gasteiger charge is -2.15. The van der Waals surface area contributed by atoms with E-state index in [4.69, 9.17) is 9.47 Å². The summed E-state index contributed by atoms with van der Waals surface area (Å²) in [6.45, 7) is 0.186. The van der Waals surface area contributed by atoms with Crippen LogP contribution in [0.15, 0.2) is 42.5 Å². The predicted octanol–water partition coefficient (Wildman–Crippen LogP) is 1.30. The van der Waals surface area contributed by atoms with Crippen LogP contribution in [0.25, 0.3) is 0 Å². The van der Waals surface area contributed by atoms with Gasteiger partial charge in [-0.05, 0) is 18.2 Å². The quantitative estimate of drug-likeness (QED) is 0.780. The molecule has 0 bridgehead atoms. The highest BCUT2D eigenvalue weighted by Gasteiger charge is 2.20. The zero-order chi connectivity index (χ0) is 12.1. The first-order valence-corrected chi connectivity index (χ1v) is 5.49. The molecule has 0 fully saturated rings. The second-order valence-electron chi connectivity index (χ2n) is 3.85. The zero-order valence-corrected chi connectivity index (χ0v) is 9.28. The van der Waals surface area contributed by atoms with Gasteiger partial charge in [-0.3, -0.25) is 0 Å². The van der Waals surface area contributed by atoms with E-state index in [9.17, 15) is 9.90 Å². The SMILES string of the molecule is O=C1C=CC(CC(O)COc2ccccc2)O1. The van der Waals surface area contributed by atoms with Gasteiger partial charge in [-0.15, -0.1) is 0 Å². The molecule has 2 unspecified atom stereocenters. The molecule has 17 heavy (non-hydrogen) atoms. The molecule has 1 N–H and O–H groups in total. The molecule has 1 heterocycles. The third-order valence-electron chi connectivity index (χ3n) is 2.40. The molecular formula is C13H14O4. The van der Waals surface area contributed by atoms with Crippen LogP contribution in [-0.4, -0.2) is 29.9 Å². The van der Waals surface area contributed by atoms with Crippen molar-refractivity contribution in [1.82, 2.24) is 0 Å². The van der Waals surface area contributed by atoms with E-state index < -0.39 is 6.10 Å². The second kappa shape index (κ2) is 5.50. The molecule has 0 amide bonds. The van der Waals surface area contributed by atoms with Crippen LogP contribution >= 0.6 is 0 Å². The fourth-order valence-electron chi connectivity index (χ4n) is 1.59. The zero-order valence-electron chi connectivity index (χ0n) is 9.28. The van der Waals surface area contributed by atoms with Gasteiger partial charge in [0, 0.05) is 12.5 Å². The first-order valence-electron chi connectivity index (χ1n) is 5.49. The van der Waals surface area contributed by atoms with Crippen molar-refractivity contribution in [2.75, 3.05) is 6.61 Å². The summed E-state index contributed by atoms with van der Waals surface area (Å²) >= 11 is 0. The second-order valence-corrected chi connectivity index (χ2v) is 3.85. The molecule has 4 nitrogen and oxygen atoms in total. The smallest absolute Gasteiger partial charge is 0.331 e. The molecule has 4 heteroatoms. The fourth-order valence-corrected chi connectivity index (χ4v) is 1.59. The number of hydrogen-bond donors (Lipinski definition) is 1. The van der Waals surface area contributed by atoms with Crippen LogP contribution in [0.3, 0.4) is 0 Å². The minimum absolute atomic E-state index is 0.186. The maximum atomic E-state index is 10.8. The number of rotatable bonds is 5. The molecule has 0 spiro atoms. The Bertz CT molecular complexity index is 399. The van der Waals surface area contributed by atoms with E-state index in [1.807, 2.05) is 30.3 Å². The maximum Gasteiger partial charge on any atom is 0.331 e. The van der Waals surface area contributed by atoms with Crippen molar-refractivity contribution in [3.8, 4) is 5.75 Å². The Hall–Kier alpha value is -1.81. The molecule has 1 aromatic rings. The number of aliphatic hydroxyl groups is 1. The van der Waals surface area contributed by atoms with E-state index in [0.29, 0.717) is 12.2 Å². The van der Waals surface area contributed by atoms with Crippen molar-refractivity contribution in [2.45, 2.75) is 18.6 Å². The Balaban J connectivity index is 1.73.